The monoisotopic (exact) mass is 484 g/mol. The molecule has 4 atom stereocenters. The fourth-order valence-electron chi connectivity index (χ4n) is 8.44. The minimum absolute atomic E-state index is 0.145. The van der Waals surface area contributed by atoms with Gasteiger partial charge in [0.25, 0.3) is 8.32 Å². The molecule has 0 amide bonds. The zero-order valence-electron chi connectivity index (χ0n) is 22.1. The van der Waals surface area contributed by atoms with Gasteiger partial charge in [0.05, 0.1) is 20.0 Å². The van der Waals surface area contributed by atoms with Gasteiger partial charge in [-0.2, -0.15) is 0 Å². The van der Waals surface area contributed by atoms with Crippen molar-refractivity contribution < 1.29 is 23.5 Å². The highest BCUT2D eigenvalue weighted by molar-refractivity contribution is 6.77. The summed E-state index contributed by atoms with van der Waals surface area (Å²) in [5.41, 5.74) is 0.396. The Bertz CT molecular complexity index is 975. The quantitative estimate of drug-likeness (QED) is 0.257. The molecule has 3 aliphatic carbocycles. The molecule has 0 heterocycles. The zero-order chi connectivity index (χ0) is 25.3. The van der Waals surface area contributed by atoms with Gasteiger partial charge in [-0.25, -0.2) is 0 Å². The van der Waals surface area contributed by atoms with E-state index in [0.29, 0.717) is 23.0 Å². The molecule has 0 N–H and O–H groups in total. The number of benzene rings is 1. The van der Waals surface area contributed by atoms with Crippen LogP contribution in [0.3, 0.4) is 0 Å². The Morgan fingerprint density at radius 2 is 1.41 bits per heavy atom. The van der Waals surface area contributed by atoms with Gasteiger partial charge in [0.2, 0.25) is 0 Å². The smallest absolute Gasteiger partial charge is 0.324 e. The lowest BCUT2D eigenvalue weighted by molar-refractivity contribution is -0.174. The lowest BCUT2D eigenvalue weighted by Gasteiger charge is -2.45. The lowest BCUT2D eigenvalue weighted by Crippen LogP contribution is -2.52. The van der Waals surface area contributed by atoms with Gasteiger partial charge in [-0.05, 0) is 46.0 Å². The molecule has 0 spiro atoms. The molecule has 2 fully saturated rings. The van der Waals surface area contributed by atoms with Crippen molar-refractivity contribution in [2.75, 3.05) is 14.2 Å². The second kappa shape index (κ2) is 7.97. The highest BCUT2D eigenvalue weighted by Crippen LogP contribution is 2.88. The van der Waals surface area contributed by atoms with Crippen molar-refractivity contribution in [2.45, 2.75) is 76.9 Å². The Hall–Kier alpha value is -2.08. The first kappa shape index (κ1) is 25.0. The first-order valence-corrected chi connectivity index (χ1v) is 14.7. The van der Waals surface area contributed by atoms with E-state index in [1.807, 2.05) is 6.07 Å². The van der Waals surface area contributed by atoms with Crippen molar-refractivity contribution in [1.29, 1.82) is 0 Å². The van der Waals surface area contributed by atoms with Crippen LogP contribution in [0.25, 0.3) is 0 Å². The van der Waals surface area contributed by atoms with Crippen molar-refractivity contribution in [3.8, 4) is 0 Å². The number of esters is 2. The van der Waals surface area contributed by atoms with Crippen molar-refractivity contribution in [1.82, 2.24) is 0 Å². The maximum absolute atomic E-state index is 13.4. The maximum Gasteiger partial charge on any atom is 0.324 e. The van der Waals surface area contributed by atoms with Gasteiger partial charge in [-0.3, -0.25) is 9.59 Å². The van der Waals surface area contributed by atoms with Crippen LogP contribution in [0.4, 0.5) is 0 Å². The van der Waals surface area contributed by atoms with Gasteiger partial charge in [-0.1, -0.05) is 78.8 Å². The third kappa shape index (κ3) is 2.72. The number of carbonyl (C=O) groups is 2. The Balaban J connectivity index is 1.94. The van der Waals surface area contributed by atoms with Crippen LogP contribution in [0.15, 0.2) is 42.2 Å². The third-order valence-electron chi connectivity index (χ3n) is 9.71. The number of hydrogen-bond donors (Lipinski definition) is 0. The summed E-state index contributed by atoms with van der Waals surface area (Å²) < 4.78 is 17.8. The summed E-state index contributed by atoms with van der Waals surface area (Å²) in [7, 11) is 0.386. The van der Waals surface area contributed by atoms with Crippen molar-refractivity contribution in [3.05, 3.63) is 47.7 Å². The SMILES string of the molecule is COC(=O)C1(C(=O)OC)CC2[C@@]3(C)[C@@H]1C(O[Si](C(C)C)(C(C)C)C(C)C)=C[C@@]23c1ccccc1. The molecular formula is C28H40O5Si. The Labute approximate surface area is 205 Å². The van der Waals surface area contributed by atoms with E-state index in [9.17, 15) is 9.59 Å². The van der Waals surface area contributed by atoms with Crippen LogP contribution in [0.2, 0.25) is 16.6 Å². The number of hydrogen-bond acceptors (Lipinski definition) is 5. The van der Waals surface area contributed by atoms with E-state index < -0.39 is 31.6 Å². The molecule has 0 radical (unpaired) electrons. The molecule has 5 nitrogen and oxygen atoms in total. The topological polar surface area (TPSA) is 61.8 Å². The number of fused-ring (bicyclic) bond motifs is 1. The summed E-state index contributed by atoms with van der Waals surface area (Å²) in [4.78, 5) is 26.8. The molecular weight excluding hydrogens is 444 g/mol. The minimum Gasteiger partial charge on any atom is -0.546 e. The van der Waals surface area contributed by atoms with Crippen LogP contribution < -0.4 is 0 Å². The third-order valence-corrected chi connectivity index (χ3v) is 15.7. The van der Waals surface area contributed by atoms with Crippen LogP contribution in [0, 0.1) is 22.7 Å². The van der Waals surface area contributed by atoms with E-state index in [2.05, 4.69) is 78.8 Å². The number of ether oxygens (including phenoxy) is 2. The molecule has 6 heteroatoms. The highest BCUT2D eigenvalue weighted by Gasteiger charge is 2.90. The first-order valence-electron chi connectivity index (χ1n) is 12.6. The molecule has 186 valence electrons. The summed E-state index contributed by atoms with van der Waals surface area (Å²) in [5, 5.41) is 0. The second-order valence-electron chi connectivity index (χ2n) is 11.6. The standard InChI is InChI=1S/C28H40O5Si/c1-17(2)34(18(3)4,19(5)6)33-21-15-28(20-13-11-10-12-14-20)22-16-27(24(29)31-8,25(30)32-9)23(21)26(22,28)7/h10-15,17-19,22-23H,16H2,1-9H3/t22?,23-,26-,28+/m0/s1. The number of methoxy groups -OCH3 is 2. The van der Waals surface area contributed by atoms with Gasteiger partial charge in [0, 0.05) is 11.3 Å². The van der Waals surface area contributed by atoms with Crippen molar-refractivity contribution in [2.24, 2.45) is 22.7 Å². The number of allylic oxidation sites excluding steroid dienone is 2. The van der Waals surface area contributed by atoms with E-state index in [1.54, 1.807) is 0 Å². The molecule has 0 saturated heterocycles. The molecule has 0 aliphatic heterocycles. The molecule has 3 aliphatic rings. The first-order chi connectivity index (χ1) is 15.9. The minimum atomic E-state index is -2.33. The van der Waals surface area contributed by atoms with E-state index >= 15 is 0 Å². The van der Waals surface area contributed by atoms with Crippen LogP contribution >= 0.6 is 0 Å². The fourth-order valence-corrected chi connectivity index (χ4v) is 13.7. The van der Waals surface area contributed by atoms with E-state index in [1.165, 1.54) is 19.8 Å². The van der Waals surface area contributed by atoms with Crippen molar-refractivity contribution in [3.63, 3.8) is 0 Å². The molecule has 34 heavy (non-hydrogen) atoms. The van der Waals surface area contributed by atoms with Gasteiger partial charge >= 0.3 is 11.9 Å². The second-order valence-corrected chi connectivity index (χ2v) is 17.0. The van der Waals surface area contributed by atoms with E-state index in [-0.39, 0.29) is 16.7 Å². The number of carbonyl (C=O) groups excluding carboxylic acids is 2. The predicted octanol–water partition coefficient (Wildman–Crippen LogP) is 6.00. The van der Waals surface area contributed by atoms with Gasteiger partial charge in [0.1, 0.15) is 0 Å². The molecule has 1 aromatic rings. The van der Waals surface area contributed by atoms with Crippen LogP contribution in [0.5, 0.6) is 0 Å². The maximum atomic E-state index is 13.4. The molecule has 0 aromatic heterocycles. The molecule has 2 saturated carbocycles. The largest absolute Gasteiger partial charge is 0.546 e. The number of rotatable bonds is 8. The molecule has 0 bridgehead atoms. The normalized spacial score (nSPS) is 30.9. The Morgan fingerprint density at radius 1 is 0.912 bits per heavy atom. The highest BCUT2D eigenvalue weighted by atomic mass is 28.4. The average molecular weight is 485 g/mol. The molecule has 4 rings (SSSR count). The summed E-state index contributed by atoms with van der Waals surface area (Å²) in [6.07, 6.45) is 2.69. The summed E-state index contributed by atoms with van der Waals surface area (Å²) >= 11 is 0. The van der Waals surface area contributed by atoms with Gasteiger partial charge in [-0.15, -0.1) is 0 Å². The van der Waals surface area contributed by atoms with Crippen LogP contribution in [-0.2, 0) is 28.9 Å². The fraction of sp³-hybridized carbons (Fsp3) is 0.643. The van der Waals surface area contributed by atoms with E-state index in [4.69, 9.17) is 13.9 Å². The summed E-state index contributed by atoms with van der Waals surface area (Å²) in [6, 6.07) is 10.5. The van der Waals surface area contributed by atoms with Crippen LogP contribution in [-0.4, -0.2) is 34.5 Å². The van der Waals surface area contributed by atoms with Gasteiger partial charge < -0.3 is 13.9 Å². The molecule has 1 unspecified atom stereocenters. The molecule has 1 aromatic carbocycles. The van der Waals surface area contributed by atoms with Crippen molar-refractivity contribution >= 4 is 20.3 Å². The summed E-state index contributed by atoms with van der Waals surface area (Å²) in [5.74, 6) is -0.484. The average Bonchev–Trinajstić information content (AvgIpc) is 3.05. The zero-order valence-corrected chi connectivity index (χ0v) is 23.1. The Morgan fingerprint density at radius 3 is 1.85 bits per heavy atom. The predicted molar refractivity (Wildman–Crippen MR) is 135 cm³/mol. The van der Waals surface area contributed by atoms with Crippen LogP contribution in [0.1, 0.15) is 60.5 Å². The summed E-state index contributed by atoms with van der Waals surface area (Å²) in [6.45, 7) is 15.7. The van der Waals surface area contributed by atoms with E-state index in [0.717, 1.165) is 5.76 Å². The Kier molecular flexibility index (Phi) is 5.87. The van der Waals surface area contributed by atoms with Gasteiger partial charge in [0.15, 0.2) is 5.41 Å². The lowest BCUT2D eigenvalue weighted by atomic mass is 9.68.